The van der Waals surface area contributed by atoms with Crippen LogP contribution < -0.4 is 4.57 Å². The largest absolute Gasteiger partial charge is 0.256 e. The van der Waals surface area contributed by atoms with Crippen molar-refractivity contribution in [3.8, 4) is 0 Å². The highest BCUT2D eigenvalue weighted by Crippen LogP contribution is 2.12. The van der Waals surface area contributed by atoms with Crippen molar-refractivity contribution in [2.24, 2.45) is 0 Å². The Hall–Kier alpha value is -0.790. The first-order chi connectivity index (χ1) is 14.3. The van der Waals surface area contributed by atoms with Crippen molar-refractivity contribution in [2.75, 3.05) is 0 Å². The van der Waals surface area contributed by atoms with Crippen molar-refractivity contribution >= 4 is 0 Å². The first kappa shape index (κ1) is 26.2. The van der Waals surface area contributed by atoms with E-state index in [1.807, 2.05) is 0 Å². The quantitative estimate of drug-likeness (QED) is 0.143. The zero-order chi connectivity index (χ0) is 21.0. The Morgan fingerprint density at radius 3 is 1.62 bits per heavy atom. The normalized spacial score (nSPS) is 11.4. The molecule has 1 aromatic heterocycles. The second kappa shape index (κ2) is 19.2. The number of nitrogens with zero attached hydrogens (tertiary/aromatic N) is 2. The summed E-state index contributed by atoms with van der Waals surface area (Å²) < 4.78 is 5.11. The molecule has 0 aromatic carbocycles. The average molecular weight is 406 g/mol. The summed E-state index contributed by atoms with van der Waals surface area (Å²) >= 11 is 0. The molecule has 0 radical (unpaired) electrons. The molecule has 2 nitrogen and oxygen atoms in total. The Bertz CT molecular complexity index is 463. The van der Waals surface area contributed by atoms with Crippen LogP contribution in [0.25, 0.3) is 0 Å². The summed E-state index contributed by atoms with van der Waals surface area (Å²) in [4.78, 5) is 0. The molecule has 29 heavy (non-hydrogen) atoms. The molecule has 1 aromatic rings. The molecule has 0 fully saturated rings. The highest BCUT2D eigenvalue weighted by atomic mass is 15.1. The molecular formula is C27H53N2+. The van der Waals surface area contributed by atoms with Crippen molar-refractivity contribution < 1.29 is 4.57 Å². The molecule has 0 aliphatic heterocycles. The highest BCUT2D eigenvalue weighted by molar-refractivity contribution is 4.84. The molecular weight excluding hydrogens is 352 g/mol. The number of imidazole rings is 1. The maximum absolute atomic E-state index is 2.56. The lowest BCUT2D eigenvalue weighted by Crippen LogP contribution is -2.37. The number of aromatic nitrogens is 2. The van der Waals surface area contributed by atoms with Crippen LogP contribution in [-0.4, -0.2) is 4.57 Å². The van der Waals surface area contributed by atoms with Gasteiger partial charge in [0.1, 0.15) is 12.4 Å². The molecule has 0 aliphatic rings. The third kappa shape index (κ3) is 13.2. The molecule has 1 heterocycles. The summed E-state index contributed by atoms with van der Waals surface area (Å²) in [6.45, 7) is 9.34. The summed E-state index contributed by atoms with van der Waals surface area (Å²) in [5, 5.41) is 0. The van der Waals surface area contributed by atoms with Crippen molar-refractivity contribution in [3.63, 3.8) is 0 Å². The van der Waals surface area contributed by atoms with Gasteiger partial charge in [0.2, 0.25) is 0 Å². The second-order valence-corrected chi connectivity index (χ2v) is 9.15. The van der Waals surface area contributed by atoms with Crippen LogP contribution in [0, 0.1) is 0 Å². The zero-order valence-electron chi connectivity index (χ0n) is 20.4. The van der Waals surface area contributed by atoms with E-state index in [-0.39, 0.29) is 0 Å². The predicted octanol–water partition coefficient (Wildman–Crippen LogP) is 8.40. The Kier molecular flexibility index (Phi) is 17.4. The summed E-state index contributed by atoms with van der Waals surface area (Å²) in [5.41, 5.74) is 0. The van der Waals surface area contributed by atoms with E-state index in [4.69, 9.17) is 0 Å². The smallest absolute Gasteiger partial charge is 0.234 e. The molecule has 0 N–H and O–H groups in total. The maximum atomic E-state index is 2.56. The van der Waals surface area contributed by atoms with Crippen LogP contribution in [0.3, 0.4) is 0 Å². The van der Waals surface area contributed by atoms with E-state index in [1.165, 1.54) is 135 Å². The van der Waals surface area contributed by atoms with Crippen LogP contribution in [0.5, 0.6) is 0 Å². The Balaban J connectivity index is 2.16. The lowest BCUT2D eigenvalue weighted by molar-refractivity contribution is -0.704. The number of rotatable bonds is 21. The topological polar surface area (TPSA) is 8.81 Å². The lowest BCUT2D eigenvalue weighted by atomic mass is 10.1. The first-order valence-corrected chi connectivity index (χ1v) is 13.4. The third-order valence-corrected chi connectivity index (χ3v) is 6.35. The van der Waals surface area contributed by atoms with E-state index in [2.05, 4.69) is 42.3 Å². The zero-order valence-corrected chi connectivity index (χ0v) is 20.4. The van der Waals surface area contributed by atoms with Crippen LogP contribution in [-0.2, 0) is 19.5 Å². The van der Waals surface area contributed by atoms with Gasteiger partial charge in [0.25, 0.3) is 5.82 Å². The molecule has 0 saturated heterocycles. The van der Waals surface area contributed by atoms with Crippen LogP contribution in [0.4, 0.5) is 0 Å². The standard InChI is InChI=1S/C27H53N2/c1-4-7-10-12-13-14-15-16-17-18-19-21-24-29-26-25-28(23-20-11-8-5-2)27(29)22-9-6-3/h25-26H,4-24H2,1-3H3/q+1. The van der Waals surface area contributed by atoms with Crippen LogP contribution in [0.1, 0.15) is 142 Å². The maximum Gasteiger partial charge on any atom is 0.256 e. The molecule has 0 amide bonds. The number of aryl methyl sites for hydroxylation is 2. The van der Waals surface area contributed by atoms with E-state index in [1.54, 1.807) is 5.82 Å². The second-order valence-electron chi connectivity index (χ2n) is 9.15. The average Bonchev–Trinajstić information content (AvgIpc) is 3.12. The molecule has 1 rings (SSSR count). The number of hydrogen-bond donors (Lipinski definition) is 0. The van der Waals surface area contributed by atoms with Crippen molar-refractivity contribution in [1.82, 2.24) is 4.57 Å². The molecule has 0 saturated carbocycles. The number of hydrogen-bond acceptors (Lipinski definition) is 0. The molecule has 0 aliphatic carbocycles. The van der Waals surface area contributed by atoms with Crippen molar-refractivity contribution in [1.29, 1.82) is 0 Å². The lowest BCUT2D eigenvalue weighted by Gasteiger charge is -2.06. The third-order valence-electron chi connectivity index (χ3n) is 6.35. The predicted molar refractivity (Wildman–Crippen MR) is 128 cm³/mol. The van der Waals surface area contributed by atoms with Gasteiger partial charge in [0.15, 0.2) is 0 Å². The summed E-state index contributed by atoms with van der Waals surface area (Å²) in [6, 6.07) is 0. The van der Waals surface area contributed by atoms with Crippen LogP contribution in [0.15, 0.2) is 12.4 Å². The van der Waals surface area contributed by atoms with E-state index < -0.39 is 0 Å². The van der Waals surface area contributed by atoms with E-state index >= 15 is 0 Å². The van der Waals surface area contributed by atoms with Gasteiger partial charge >= 0.3 is 0 Å². The van der Waals surface area contributed by atoms with Gasteiger partial charge in [0, 0.05) is 6.42 Å². The molecule has 170 valence electrons. The molecule has 0 bridgehead atoms. The summed E-state index contributed by atoms with van der Waals surface area (Å²) in [6.07, 6.45) is 31.1. The first-order valence-electron chi connectivity index (χ1n) is 13.4. The minimum atomic E-state index is 1.21. The van der Waals surface area contributed by atoms with Crippen molar-refractivity contribution in [2.45, 2.75) is 156 Å². The van der Waals surface area contributed by atoms with Gasteiger partial charge in [-0.05, 0) is 32.1 Å². The SMILES string of the molecule is CCCCCCCCCCCCCC[n+]1ccn(CCCCCC)c1CCCC. The van der Waals surface area contributed by atoms with Gasteiger partial charge in [-0.3, -0.25) is 0 Å². The Morgan fingerprint density at radius 1 is 0.586 bits per heavy atom. The molecule has 0 atom stereocenters. The van der Waals surface area contributed by atoms with E-state index in [0.29, 0.717) is 0 Å². The Morgan fingerprint density at radius 2 is 1.07 bits per heavy atom. The van der Waals surface area contributed by atoms with Crippen LogP contribution in [0.2, 0.25) is 0 Å². The molecule has 0 spiro atoms. The van der Waals surface area contributed by atoms with Gasteiger partial charge in [-0.1, -0.05) is 104 Å². The minimum absolute atomic E-state index is 1.21. The van der Waals surface area contributed by atoms with Gasteiger partial charge in [-0.2, -0.15) is 0 Å². The van der Waals surface area contributed by atoms with Gasteiger partial charge in [-0.15, -0.1) is 0 Å². The fourth-order valence-electron chi connectivity index (χ4n) is 4.36. The fourth-order valence-corrected chi connectivity index (χ4v) is 4.36. The highest BCUT2D eigenvalue weighted by Gasteiger charge is 2.15. The fraction of sp³-hybridized carbons (Fsp3) is 0.889. The monoisotopic (exact) mass is 405 g/mol. The van der Waals surface area contributed by atoms with Crippen LogP contribution >= 0.6 is 0 Å². The minimum Gasteiger partial charge on any atom is -0.234 e. The Labute approximate surface area is 183 Å². The van der Waals surface area contributed by atoms with Gasteiger partial charge < -0.3 is 0 Å². The van der Waals surface area contributed by atoms with Gasteiger partial charge in [-0.25, -0.2) is 9.13 Å². The summed E-state index contributed by atoms with van der Waals surface area (Å²) in [7, 11) is 0. The summed E-state index contributed by atoms with van der Waals surface area (Å²) in [5.74, 6) is 1.58. The number of unbranched alkanes of at least 4 members (excludes halogenated alkanes) is 15. The van der Waals surface area contributed by atoms with E-state index in [0.717, 1.165) is 0 Å². The molecule has 2 heteroatoms. The van der Waals surface area contributed by atoms with Crippen molar-refractivity contribution in [3.05, 3.63) is 18.2 Å². The van der Waals surface area contributed by atoms with Gasteiger partial charge in [0.05, 0.1) is 13.1 Å². The van der Waals surface area contributed by atoms with E-state index in [9.17, 15) is 0 Å². The molecule has 0 unspecified atom stereocenters.